The van der Waals surface area contributed by atoms with Crippen molar-refractivity contribution in [2.24, 2.45) is 17.8 Å². The molecule has 0 radical (unpaired) electrons. The maximum absolute atomic E-state index is 12.2. The molecule has 0 N–H and O–H groups in total. The summed E-state index contributed by atoms with van der Waals surface area (Å²) in [5.74, 6) is 2.25. The fourth-order valence-corrected chi connectivity index (χ4v) is 4.21. The first kappa shape index (κ1) is 18.9. The molecule has 0 amide bonds. The topological polar surface area (TPSA) is 23.6 Å². The number of Topliss-reactive ketones (excluding diaryl/α,β-unsaturated/α-hetero) is 1. The van der Waals surface area contributed by atoms with E-state index < -0.39 is 0 Å². The van der Waals surface area contributed by atoms with Gasteiger partial charge < -0.3 is 9.80 Å². The lowest BCUT2D eigenvalue weighted by Gasteiger charge is -2.39. The number of carbonyl (C=O) groups excluding carboxylic acids is 1. The molecule has 3 nitrogen and oxygen atoms in total. The molecule has 23 heavy (non-hydrogen) atoms. The van der Waals surface area contributed by atoms with Crippen molar-refractivity contribution < 1.29 is 4.79 Å². The van der Waals surface area contributed by atoms with Gasteiger partial charge in [-0.3, -0.25) is 4.79 Å². The number of hydrogen-bond acceptors (Lipinski definition) is 3. The second-order valence-electron chi connectivity index (χ2n) is 8.38. The van der Waals surface area contributed by atoms with Crippen LogP contribution in [0.25, 0.3) is 0 Å². The van der Waals surface area contributed by atoms with Crippen LogP contribution in [0.1, 0.15) is 66.2 Å². The summed E-state index contributed by atoms with van der Waals surface area (Å²) in [7, 11) is 0. The van der Waals surface area contributed by atoms with Crippen LogP contribution in [-0.2, 0) is 4.79 Å². The Labute approximate surface area is 143 Å². The zero-order valence-corrected chi connectivity index (χ0v) is 15.9. The number of nitrogens with zero attached hydrogens (tertiary/aromatic N) is 2. The first-order valence-electron chi connectivity index (χ1n) is 9.98. The van der Waals surface area contributed by atoms with Crippen molar-refractivity contribution in [3.8, 4) is 0 Å². The summed E-state index contributed by atoms with van der Waals surface area (Å²) in [6.07, 6.45) is 6.95. The van der Waals surface area contributed by atoms with Gasteiger partial charge in [-0.25, -0.2) is 0 Å². The highest BCUT2D eigenvalue weighted by Crippen LogP contribution is 2.25. The zero-order chi connectivity index (χ0) is 16.8. The van der Waals surface area contributed by atoms with Crippen molar-refractivity contribution in [3.05, 3.63) is 0 Å². The maximum Gasteiger partial charge on any atom is 0.136 e. The molecule has 2 rings (SSSR count). The van der Waals surface area contributed by atoms with E-state index >= 15 is 0 Å². The number of ketones is 1. The van der Waals surface area contributed by atoms with Gasteiger partial charge in [0.25, 0.3) is 0 Å². The van der Waals surface area contributed by atoms with E-state index in [0.717, 1.165) is 44.3 Å². The van der Waals surface area contributed by atoms with Gasteiger partial charge in [0.05, 0.1) is 0 Å². The van der Waals surface area contributed by atoms with Crippen LogP contribution >= 0.6 is 0 Å². The molecular formula is C20H38N2O. The quantitative estimate of drug-likeness (QED) is 0.712. The van der Waals surface area contributed by atoms with E-state index in [4.69, 9.17) is 0 Å². The van der Waals surface area contributed by atoms with Crippen LogP contribution in [0.15, 0.2) is 0 Å². The van der Waals surface area contributed by atoms with Crippen LogP contribution in [0.4, 0.5) is 0 Å². The highest BCUT2D eigenvalue weighted by atomic mass is 16.1. The van der Waals surface area contributed by atoms with Gasteiger partial charge >= 0.3 is 0 Å². The average Bonchev–Trinajstić information content (AvgIpc) is 2.55. The Balaban J connectivity index is 1.66. The molecule has 1 unspecified atom stereocenters. The molecule has 1 atom stereocenters. The van der Waals surface area contributed by atoms with Gasteiger partial charge in [0.2, 0.25) is 0 Å². The Bertz CT molecular complexity index is 353. The number of hydrogen-bond donors (Lipinski definition) is 0. The summed E-state index contributed by atoms with van der Waals surface area (Å²) in [4.78, 5) is 17.5. The minimum Gasteiger partial charge on any atom is -0.303 e. The van der Waals surface area contributed by atoms with Crippen LogP contribution in [0.3, 0.4) is 0 Å². The highest BCUT2D eigenvalue weighted by molar-refractivity contribution is 5.81. The number of rotatable bonds is 7. The minimum atomic E-state index is 0.348. The lowest BCUT2D eigenvalue weighted by Crippen LogP contribution is -2.44. The molecule has 0 aromatic rings. The van der Waals surface area contributed by atoms with Crippen LogP contribution in [-0.4, -0.2) is 54.3 Å². The van der Waals surface area contributed by atoms with Gasteiger partial charge in [-0.15, -0.1) is 0 Å². The van der Waals surface area contributed by atoms with Crippen LogP contribution in [0, 0.1) is 17.8 Å². The Kier molecular flexibility index (Phi) is 7.55. The number of carbonyl (C=O) groups is 1. The molecule has 0 aromatic carbocycles. The molecular weight excluding hydrogens is 284 g/mol. The largest absolute Gasteiger partial charge is 0.303 e. The van der Waals surface area contributed by atoms with Gasteiger partial charge in [-0.2, -0.15) is 0 Å². The van der Waals surface area contributed by atoms with Crippen molar-refractivity contribution in [2.75, 3.05) is 32.7 Å². The Morgan fingerprint density at radius 2 is 1.61 bits per heavy atom. The fourth-order valence-electron chi connectivity index (χ4n) is 4.21. The molecule has 0 aliphatic carbocycles. The normalized spacial score (nSPS) is 24.2. The molecule has 0 bridgehead atoms. The third kappa shape index (κ3) is 5.86. The third-order valence-corrected chi connectivity index (χ3v) is 6.03. The molecule has 3 heteroatoms. The Hall–Kier alpha value is -0.410. The highest BCUT2D eigenvalue weighted by Gasteiger charge is 2.28. The van der Waals surface area contributed by atoms with Crippen molar-refractivity contribution in [1.29, 1.82) is 0 Å². The van der Waals surface area contributed by atoms with E-state index in [9.17, 15) is 4.79 Å². The molecule has 2 aliphatic heterocycles. The van der Waals surface area contributed by atoms with E-state index in [1.165, 1.54) is 38.9 Å². The molecule has 2 heterocycles. The lowest BCUT2D eigenvalue weighted by atomic mass is 9.87. The zero-order valence-electron chi connectivity index (χ0n) is 15.9. The first-order chi connectivity index (χ1) is 11.0. The summed E-state index contributed by atoms with van der Waals surface area (Å²) in [5.41, 5.74) is 0. The lowest BCUT2D eigenvalue weighted by molar-refractivity contribution is -0.125. The summed E-state index contributed by atoms with van der Waals surface area (Å²) < 4.78 is 0. The molecule has 2 aliphatic rings. The monoisotopic (exact) mass is 322 g/mol. The molecule has 0 aromatic heterocycles. The summed E-state index contributed by atoms with van der Waals surface area (Å²) in [6, 6.07) is 0.749. The van der Waals surface area contributed by atoms with Gasteiger partial charge in [-0.05, 0) is 77.0 Å². The molecule has 0 spiro atoms. The third-order valence-electron chi connectivity index (χ3n) is 6.03. The predicted molar refractivity (Wildman–Crippen MR) is 97.7 cm³/mol. The summed E-state index contributed by atoms with van der Waals surface area (Å²) >= 11 is 0. The standard InChI is InChI=1S/C20H38N2O/c1-5-17(4)22-12-6-18(7-13-22)15-21-10-8-19(9-11-21)20(23)14-16(2)3/h16-19H,5-15H2,1-4H3. The van der Waals surface area contributed by atoms with Crippen molar-refractivity contribution in [3.63, 3.8) is 0 Å². The van der Waals surface area contributed by atoms with E-state index in [1.807, 2.05) is 0 Å². The number of piperidine rings is 2. The average molecular weight is 323 g/mol. The van der Waals surface area contributed by atoms with E-state index in [0.29, 0.717) is 17.6 Å². The molecule has 2 fully saturated rings. The maximum atomic E-state index is 12.2. The molecule has 134 valence electrons. The van der Waals surface area contributed by atoms with Gasteiger partial charge in [0, 0.05) is 24.9 Å². The number of likely N-dealkylation sites (tertiary alicyclic amines) is 2. The fraction of sp³-hybridized carbons (Fsp3) is 0.950. The van der Waals surface area contributed by atoms with Crippen molar-refractivity contribution in [2.45, 2.75) is 72.3 Å². The second-order valence-corrected chi connectivity index (χ2v) is 8.38. The van der Waals surface area contributed by atoms with Crippen molar-refractivity contribution >= 4 is 5.78 Å². The predicted octanol–water partition coefficient (Wildman–Crippen LogP) is 3.82. The second kappa shape index (κ2) is 9.17. The van der Waals surface area contributed by atoms with Crippen LogP contribution in [0.2, 0.25) is 0 Å². The van der Waals surface area contributed by atoms with Crippen LogP contribution in [0.5, 0.6) is 0 Å². The van der Waals surface area contributed by atoms with Crippen molar-refractivity contribution in [1.82, 2.24) is 9.80 Å². The van der Waals surface area contributed by atoms with E-state index in [2.05, 4.69) is 37.5 Å². The summed E-state index contributed by atoms with van der Waals surface area (Å²) in [5, 5.41) is 0. The Morgan fingerprint density at radius 1 is 1.00 bits per heavy atom. The van der Waals surface area contributed by atoms with Crippen LogP contribution < -0.4 is 0 Å². The SMILES string of the molecule is CCC(C)N1CCC(CN2CCC(C(=O)CC(C)C)CC2)CC1. The van der Waals surface area contributed by atoms with Gasteiger partial charge in [-0.1, -0.05) is 20.8 Å². The molecule has 2 saturated heterocycles. The molecule has 0 saturated carbocycles. The first-order valence-corrected chi connectivity index (χ1v) is 9.98. The Morgan fingerprint density at radius 3 is 2.13 bits per heavy atom. The minimum absolute atomic E-state index is 0.348. The smallest absolute Gasteiger partial charge is 0.136 e. The van der Waals surface area contributed by atoms with E-state index in [1.54, 1.807) is 0 Å². The summed E-state index contributed by atoms with van der Waals surface area (Å²) in [6.45, 7) is 15.1. The van der Waals surface area contributed by atoms with Gasteiger partial charge in [0.15, 0.2) is 0 Å². The van der Waals surface area contributed by atoms with E-state index in [-0.39, 0.29) is 0 Å². The van der Waals surface area contributed by atoms with Gasteiger partial charge in [0.1, 0.15) is 5.78 Å².